The lowest BCUT2D eigenvalue weighted by Gasteiger charge is -2.32. The lowest BCUT2D eigenvalue weighted by Crippen LogP contribution is -2.32. The first-order chi connectivity index (χ1) is 11.2. The normalized spacial score (nSPS) is 14.7. The van der Waals surface area contributed by atoms with Gasteiger partial charge in [-0.25, -0.2) is 0 Å². The molecule has 0 atom stereocenters. The van der Waals surface area contributed by atoms with Gasteiger partial charge in [0, 0.05) is 5.56 Å². The second-order valence-corrected chi connectivity index (χ2v) is 7.73. The van der Waals surface area contributed by atoms with Crippen LogP contribution in [-0.2, 0) is 6.42 Å². The highest BCUT2D eigenvalue weighted by Gasteiger charge is 2.26. The number of rotatable bonds is 2. The second kappa shape index (κ2) is 7.36. The van der Waals surface area contributed by atoms with Crippen molar-refractivity contribution in [3.63, 3.8) is 0 Å². The number of halogens is 1. The van der Waals surface area contributed by atoms with Crippen LogP contribution in [0.25, 0.3) is 0 Å². The Hall–Kier alpha value is -1.85. The van der Waals surface area contributed by atoms with Crippen LogP contribution >= 0.6 is 22.9 Å². The van der Waals surface area contributed by atoms with Crippen LogP contribution in [0.2, 0.25) is 4.34 Å². The van der Waals surface area contributed by atoms with Crippen LogP contribution < -0.4 is 10.5 Å². The van der Waals surface area contributed by atoms with Crippen LogP contribution in [0.3, 0.4) is 0 Å². The van der Waals surface area contributed by atoms with Gasteiger partial charge in [-0.05, 0) is 68.8 Å². The van der Waals surface area contributed by atoms with E-state index in [1.807, 2.05) is 18.2 Å². The average Bonchev–Trinajstić information content (AvgIpc) is 2.93. The predicted octanol–water partition coefficient (Wildman–Crippen LogP) is 4.49. The third-order valence-corrected chi connectivity index (χ3v) is 4.90. The summed E-state index contributed by atoms with van der Waals surface area (Å²) >= 11 is 6.85. The number of aryl methyl sites for hydroxylation is 1. The fourth-order valence-electron chi connectivity index (χ4n) is 2.35. The van der Waals surface area contributed by atoms with Crippen LogP contribution in [0.5, 0.6) is 5.75 Å². The number of Topliss-reactive ketones (excluding diaryl/α,β-unsaturated/α-hetero) is 1. The molecule has 0 bridgehead atoms. The minimum Gasteiger partial charge on any atom is -0.488 e. The molecule has 0 radical (unpaired) electrons. The maximum absolute atomic E-state index is 11.2. The van der Waals surface area contributed by atoms with Crippen molar-refractivity contribution >= 4 is 34.6 Å². The monoisotopic (exact) mass is 365 g/mol. The van der Waals surface area contributed by atoms with Gasteiger partial charge in [-0.15, -0.1) is 11.3 Å². The average molecular weight is 366 g/mol. The Kier molecular flexibility index (Phi) is 5.67. The summed E-state index contributed by atoms with van der Waals surface area (Å²) in [5, 5.41) is 1.72. The lowest BCUT2D eigenvalue weighted by atomic mass is 9.93. The molecule has 1 aliphatic rings. The Morgan fingerprint density at radius 2 is 2.00 bits per heavy atom. The summed E-state index contributed by atoms with van der Waals surface area (Å²) in [4.78, 5) is 21.6. The zero-order valence-corrected chi connectivity index (χ0v) is 15.5. The Labute approximate surface area is 150 Å². The van der Waals surface area contributed by atoms with E-state index in [0.717, 1.165) is 29.7 Å². The van der Waals surface area contributed by atoms with Crippen LogP contribution in [0.15, 0.2) is 29.6 Å². The fraction of sp³-hybridized carbons (Fsp3) is 0.333. The third kappa shape index (κ3) is 4.58. The number of amides is 1. The summed E-state index contributed by atoms with van der Waals surface area (Å²) in [6.45, 7) is 5.78. The SMILES string of the molecule is CC(=O)c1ccc2c(c1)CCC(C)(C)O2.NC(=O)c1ccsc1Cl. The van der Waals surface area contributed by atoms with Crippen molar-refractivity contribution in [3.05, 3.63) is 50.7 Å². The number of carbonyl (C=O) groups excluding carboxylic acids is 2. The Bertz CT molecular complexity index is 767. The topological polar surface area (TPSA) is 69.4 Å². The minimum absolute atomic E-state index is 0.0786. The number of hydrogen-bond donors (Lipinski definition) is 1. The van der Waals surface area contributed by atoms with Crippen molar-refractivity contribution in [2.24, 2.45) is 5.73 Å². The Morgan fingerprint density at radius 3 is 2.50 bits per heavy atom. The molecule has 0 fully saturated rings. The maximum Gasteiger partial charge on any atom is 0.251 e. The van der Waals surface area contributed by atoms with Crippen molar-refractivity contribution < 1.29 is 14.3 Å². The van der Waals surface area contributed by atoms with E-state index in [2.05, 4.69) is 13.8 Å². The van der Waals surface area contributed by atoms with Gasteiger partial charge in [0.1, 0.15) is 15.7 Å². The number of nitrogens with two attached hydrogens (primary N) is 1. The fourth-order valence-corrected chi connectivity index (χ4v) is 3.28. The maximum atomic E-state index is 11.2. The number of carbonyl (C=O) groups is 2. The van der Waals surface area contributed by atoms with Gasteiger partial charge < -0.3 is 10.5 Å². The quantitative estimate of drug-likeness (QED) is 0.797. The molecule has 0 spiro atoms. The molecule has 2 aromatic rings. The van der Waals surface area contributed by atoms with Crippen LogP contribution in [-0.4, -0.2) is 17.3 Å². The summed E-state index contributed by atoms with van der Waals surface area (Å²) in [5.41, 5.74) is 7.20. The Morgan fingerprint density at radius 1 is 1.29 bits per heavy atom. The summed E-state index contributed by atoms with van der Waals surface area (Å²) < 4.78 is 6.30. The first-order valence-electron chi connectivity index (χ1n) is 7.55. The molecule has 2 N–H and O–H groups in total. The minimum atomic E-state index is -0.471. The van der Waals surface area contributed by atoms with E-state index in [0.29, 0.717) is 9.90 Å². The van der Waals surface area contributed by atoms with Gasteiger partial charge in [-0.2, -0.15) is 0 Å². The molecule has 1 amide bonds. The van der Waals surface area contributed by atoms with Gasteiger partial charge in [-0.3, -0.25) is 9.59 Å². The van der Waals surface area contributed by atoms with E-state index in [1.54, 1.807) is 18.4 Å². The van der Waals surface area contributed by atoms with E-state index in [1.165, 1.54) is 11.3 Å². The summed E-state index contributed by atoms with van der Waals surface area (Å²) in [6.07, 6.45) is 1.99. The summed E-state index contributed by atoms with van der Waals surface area (Å²) in [5.74, 6) is 0.570. The van der Waals surface area contributed by atoms with Gasteiger partial charge >= 0.3 is 0 Å². The number of benzene rings is 1. The van der Waals surface area contributed by atoms with E-state index < -0.39 is 5.91 Å². The van der Waals surface area contributed by atoms with Crippen molar-refractivity contribution in [3.8, 4) is 5.75 Å². The second-order valence-electron chi connectivity index (χ2n) is 6.21. The number of thiophene rings is 1. The summed E-state index contributed by atoms with van der Waals surface area (Å²) in [6, 6.07) is 7.30. The van der Waals surface area contributed by atoms with Gasteiger partial charge in [-0.1, -0.05) is 11.6 Å². The zero-order valence-electron chi connectivity index (χ0n) is 13.9. The van der Waals surface area contributed by atoms with Crippen LogP contribution in [0.1, 0.15) is 53.5 Å². The van der Waals surface area contributed by atoms with E-state index >= 15 is 0 Å². The number of ketones is 1. The number of fused-ring (bicyclic) bond motifs is 1. The lowest BCUT2D eigenvalue weighted by molar-refractivity contribution is 0.0846. The van der Waals surface area contributed by atoms with Crippen molar-refractivity contribution in [1.82, 2.24) is 0 Å². The van der Waals surface area contributed by atoms with Crippen LogP contribution in [0.4, 0.5) is 0 Å². The van der Waals surface area contributed by atoms with E-state index in [4.69, 9.17) is 22.1 Å². The molecular formula is C18H20ClNO3S. The van der Waals surface area contributed by atoms with Crippen molar-refractivity contribution in [2.45, 2.75) is 39.2 Å². The van der Waals surface area contributed by atoms with Gasteiger partial charge in [0.15, 0.2) is 5.78 Å². The van der Waals surface area contributed by atoms with Gasteiger partial charge in [0.2, 0.25) is 0 Å². The molecular weight excluding hydrogens is 346 g/mol. The number of hydrogen-bond acceptors (Lipinski definition) is 4. The van der Waals surface area contributed by atoms with Crippen LogP contribution in [0, 0.1) is 0 Å². The molecule has 0 unspecified atom stereocenters. The zero-order chi connectivity index (χ0) is 17.9. The molecule has 0 saturated heterocycles. The molecule has 24 heavy (non-hydrogen) atoms. The standard InChI is InChI=1S/C13H16O2.C5H4ClNOS/c1-9(14)10-4-5-12-11(8-10)6-7-13(2,3)15-12;6-4-3(5(7)8)1-2-9-4/h4-5,8H,6-7H2,1-3H3;1-2H,(H2,7,8). The molecule has 1 aliphatic heterocycles. The highest BCUT2D eigenvalue weighted by molar-refractivity contribution is 7.14. The first kappa shape index (κ1) is 18.5. The highest BCUT2D eigenvalue weighted by Crippen LogP contribution is 2.33. The summed E-state index contributed by atoms with van der Waals surface area (Å²) in [7, 11) is 0. The molecule has 1 aromatic heterocycles. The first-order valence-corrected chi connectivity index (χ1v) is 8.81. The smallest absolute Gasteiger partial charge is 0.251 e. The molecule has 4 nitrogen and oxygen atoms in total. The number of primary amides is 1. The van der Waals surface area contributed by atoms with Crippen molar-refractivity contribution in [1.29, 1.82) is 0 Å². The third-order valence-electron chi connectivity index (χ3n) is 3.73. The Balaban J connectivity index is 0.000000198. The molecule has 1 aromatic carbocycles. The largest absolute Gasteiger partial charge is 0.488 e. The van der Waals surface area contributed by atoms with E-state index in [9.17, 15) is 9.59 Å². The molecule has 128 valence electrons. The molecule has 6 heteroatoms. The molecule has 3 rings (SSSR count). The highest BCUT2D eigenvalue weighted by atomic mass is 35.5. The molecule has 0 aliphatic carbocycles. The number of ether oxygens (including phenoxy) is 1. The van der Waals surface area contributed by atoms with Crippen molar-refractivity contribution in [2.75, 3.05) is 0 Å². The van der Waals surface area contributed by atoms with Gasteiger partial charge in [0.05, 0.1) is 5.56 Å². The molecule has 0 saturated carbocycles. The predicted molar refractivity (Wildman–Crippen MR) is 97.3 cm³/mol. The van der Waals surface area contributed by atoms with Gasteiger partial charge in [0.25, 0.3) is 5.91 Å². The molecule has 2 heterocycles. The van der Waals surface area contributed by atoms with E-state index in [-0.39, 0.29) is 11.4 Å².